The molecule has 5 nitrogen and oxygen atoms in total. The first-order valence-electron chi connectivity index (χ1n) is 8.15. The second-order valence-electron chi connectivity index (χ2n) is 5.91. The summed E-state index contributed by atoms with van der Waals surface area (Å²) >= 11 is 0. The summed E-state index contributed by atoms with van der Waals surface area (Å²) < 4.78 is 43.6. The molecule has 146 valence electrons. The molecule has 0 saturated carbocycles. The molecular weight excluding hydrogens is 383 g/mol. The molecule has 0 radical (unpaired) electrons. The maximum absolute atomic E-state index is 12.8. The van der Waals surface area contributed by atoms with Crippen LogP contribution in [-0.4, -0.2) is 42.0 Å². The minimum atomic E-state index is -4.45. The van der Waals surface area contributed by atoms with Crippen LogP contribution in [0.2, 0.25) is 0 Å². The fourth-order valence-corrected chi connectivity index (χ4v) is 2.86. The lowest BCUT2D eigenvalue weighted by Crippen LogP contribution is -2.50. The van der Waals surface area contributed by atoms with E-state index >= 15 is 0 Å². The van der Waals surface area contributed by atoms with E-state index in [2.05, 4.69) is 10.3 Å². The summed E-state index contributed by atoms with van der Waals surface area (Å²) in [5.74, 6) is -0.265. The summed E-state index contributed by atoms with van der Waals surface area (Å²) in [5.41, 5.74) is 0.0879. The van der Waals surface area contributed by atoms with Gasteiger partial charge in [-0.3, -0.25) is 9.78 Å². The maximum atomic E-state index is 12.8. The van der Waals surface area contributed by atoms with Gasteiger partial charge in [-0.05, 0) is 29.8 Å². The SMILES string of the molecule is Cl.O=C(COc1cccc(C(F)(F)F)c1)N1CCNCC1c1cccnc1. The first kappa shape index (κ1) is 21.0. The Bertz CT molecular complexity index is 759. The summed E-state index contributed by atoms with van der Waals surface area (Å²) in [6.45, 7) is 1.40. The van der Waals surface area contributed by atoms with Gasteiger partial charge in [0.2, 0.25) is 0 Å². The zero-order valence-electron chi connectivity index (χ0n) is 14.3. The average molecular weight is 402 g/mol. The number of rotatable bonds is 4. The van der Waals surface area contributed by atoms with Crippen LogP contribution < -0.4 is 10.1 Å². The normalized spacial score (nSPS) is 17.1. The molecular formula is C18H19ClF3N3O2. The summed E-state index contributed by atoms with van der Waals surface area (Å²) in [7, 11) is 0. The Labute approximate surface area is 160 Å². The standard InChI is InChI=1S/C18H18F3N3O2.ClH/c19-18(20,21)14-4-1-5-15(9-14)26-12-17(25)24-8-7-23-11-16(24)13-3-2-6-22-10-13;/h1-6,9-10,16,23H,7-8,11-12H2;1H. The molecule has 27 heavy (non-hydrogen) atoms. The highest BCUT2D eigenvalue weighted by atomic mass is 35.5. The molecule has 1 fully saturated rings. The number of alkyl halides is 3. The molecule has 1 aliphatic rings. The third-order valence-electron chi connectivity index (χ3n) is 4.16. The van der Waals surface area contributed by atoms with Crippen molar-refractivity contribution in [1.29, 1.82) is 0 Å². The van der Waals surface area contributed by atoms with E-state index < -0.39 is 11.7 Å². The number of amides is 1. The van der Waals surface area contributed by atoms with Crippen molar-refractivity contribution < 1.29 is 22.7 Å². The Kier molecular flexibility index (Phi) is 7.04. The smallest absolute Gasteiger partial charge is 0.416 e. The molecule has 1 aromatic heterocycles. The number of nitrogens with one attached hydrogen (secondary N) is 1. The molecule has 0 aliphatic carbocycles. The number of carbonyl (C=O) groups excluding carboxylic acids is 1. The maximum Gasteiger partial charge on any atom is 0.416 e. The van der Waals surface area contributed by atoms with Gasteiger partial charge in [-0.2, -0.15) is 13.2 Å². The minimum Gasteiger partial charge on any atom is -0.484 e. The van der Waals surface area contributed by atoms with Crippen molar-refractivity contribution in [3.63, 3.8) is 0 Å². The summed E-state index contributed by atoms with van der Waals surface area (Å²) in [4.78, 5) is 18.3. The second kappa shape index (κ2) is 9.05. The molecule has 2 aromatic rings. The largest absolute Gasteiger partial charge is 0.484 e. The highest BCUT2D eigenvalue weighted by molar-refractivity contribution is 5.85. The summed E-state index contributed by atoms with van der Waals surface area (Å²) in [6.07, 6.45) is -1.10. The minimum absolute atomic E-state index is 0. The zero-order valence-corrected chi connectivity index (χ0v) is 15.1. The molecule has 1 amide bonds. The number of halogens is 4. The molecule has 0 spiro atoms. The van der Waals surface area contributed by atoms with Crippen molar-refractivity contribution in [2.75, 3.05) is 26.2 Å². The van der Waals surface area contributed by atoms with Crippen LogP contribution >= 0.6 is 12.4 Å². The van der Waals surface area contributed by atoms with Crippen LogP contribution in [0.5, 0.6) is 5.75 Å². The number of hydrogen-bond acceptors (Lipinski definition) is 4. The van der Waals surface area contributed by atoms with Gasteiger partial charge in [0.1, 0.15) is 5.75 Å². The first-order valence-corrected chi connectivity index (χ1v) is 8.15. The van der Waals surface area contributed by atoms with Crippen LogP contribution in [0, 0.1) is 0 Å². The number of nitrogens with zero attached hydrogens (tertiary/aromatic N) is 2. The Morgan fingerprint density at radius 3 is 2.81 bits per heavy atom. The molecule has 9 heteroatoms. The Hall–Kier alpha value is -2.32. The van der Waals surface area contributed by atoms with Gasteiger partial charge in [0.25, 0.3) is 5.91 Å². The van der Waals surface area contributed by atoms with Gasteiger partial charge < -0.3 is 15.0 Å². The predicted octanol–water partition coefficient (Wildman–Crippen LogP) is 3.07. The number of carbonyl (C=O) groups is 1. The molecule has 0 bridgehead atoms. The van der Waals surface area contributed by atoms with Crippen LogP contribution in [0.3, 0.4) is 0 Å². The third kappa shape index (κ3) is 5.33. The molecule has 1 atom stereocenters. The number of hydrogen-bond donors (Lipinski definition) is 1. The number of aromatic nitrogens is 1. The third-order valence-corrected chi connectivity index (χ3v) is 4.16. The number of ether oxygens (including phenoxy) is 1. The van der Waals surface area contributed by atoms with Crippen LogP contribution in [0.15, 0.2) is 48.8 Å². The van der Waals surface area contributed by atoms with Gasteiger partial charge in [-0.1, -0.05) is 12.1 Å². The van der Waals surface area contributed by atoms with Crippen molar-refractivity contribution >= 4 is 18.3 Å². The van der Waals surface area contributed by atoms with Gasteiger partial charge >= 0.3 is 6.18 Å². The summed E-state index contributed by atoms with van der Waals surface area (Å²) in [6, 6.07) is 8.01. The first-order chi connectivity index (χ1) is 12.4. The number of pyridine rings is 1. The van der Waals surface area contributed by atoms with E-state index in [-0.39, 0.29) is 36.7 Å². The zero-order chi connectivity index (χ0) is 18.6. The van der Waals surface area contributed by atoms with Gasteiger partial charge in [0, 0.05) is 32.0 Å². The molecule has 1 N–H and O–H groups in total. The van der Waals surface area contributed by atoms with E-state index in [0.29, 0.717) is 19.6 Å². The van der Waals surface area contributed by atoms with Crippen molar-refractivity contribution in [1.82, 2.24) is 15.2 Å². The van der Waals surface area contributed by atoms with E-state index in [1.165, 1.54) is 12.1 Å². The molecule has 1 aromatic carbocycles. The van der Waals surface area contributed by atoms with Gasteiger partial charge in [-0.15, -0.1) is 12.4 Å². The number of benzene rings is 1. The van der Waals surface area contributed by atoms with E-state index in [0.717, 1.165) is 17.7 Å². The highest BCUT2D eigenvalue weighted by Crippen LogP contribution is 2.31. The van der Waals surface area contributed by atoms with Crippen LogP contribution in [0.1, 0.15) is 17.2 Å². The fraction of sp³-hybridized carbons (Fsp3) is 0.333. The Morgan fingerprint density at radius 1 is 1.30 bits per heavy atom. The molecule has 3 rings (SSSR count). The van der Waals surface area contributed by atoms with E-state index in [4.69, 9.17) is 4.74 Å². The summed E-state index contributed by atoms with van der Waals surface area (Å²) in [5, 5.41) is 3.23. The van der Waals surface area contributed by atoms with E-state index in [1.54, 1.807) is 23.4 Å². The monoisotopic (exact) mass is 401 g/mol. The van der Waals surface area contributed by atoms with Gasteiger partial charge in [-0.25, -0.2) is 0 Å². The fourth-order valence-electron chi connectivity index (χ4n) is 2.86. The quantitative estimate of drug-likeness (QED) is 0.855. The second-order valence-corrected chi connectivity index (χ2v) is 5.91. The van der Waals surface area contributed by atoms with Crippen molar-refractivity contribution in [3.05, 3.63) is 59.9 Å². The van der Waals surface area contributed by atoms with Crippen LogP contribution in [0.4, 0.5) is 13.2 Å². The Morgan fingerprint density at radius 2 is 2.11 bits per heavy atom. The molecule has 1 aliphatic heterocycles. The van der Waals surface area contributed by atoms with Crippen molar-refractivity contribution in [2.45, 2.75) is 12.2 Å². The average Bonchev–Trinajstić information content (AvgIpc) is 2.66. The van der Waals surface area contributed by atoms with Gasteiger partial charge in [0.05, 0.1) is 11.6 Å². The van der Waals surface area contributed by atoms with Crippen molar-refractivity contribution in [3.8, 4) is 5.75 Å². The van der Waals surface area contributed by atoms with Crippen LogP contribution in [-0.2, 0) is 11.0 Å². The van der Waals surface area contributed by atoms with Crippen LogP contribution in [0.25, 0.3) is 0 Å². The lowest BCUT2D eigenvalue weighted by molar-refractivity contribution is -0.137. The van der Waals surface area contributed by atoms with Gasteiger partial charge in [0.15, 0.2) is 6.61 Å². The van der Waals surface area contributed by atoms with Crippen molar-refractivity contribution in [2.24, 2.45) is 0 Å². The Balaban J connectivity index is 0.00000261. The predicted molar refractivity (Wildman–Crippen MR) is 95.7 cm³/mol. The molecule has 1 saturated heterocycles. The lowest BCUT2D eigenvalue weighted by atomic mass is 10.1. The number of piperazine rings is 1. The highest BCUT2D eigenvalue weighted by Gasteiger charge is 2.31. The topological polar surface area (TPSA) is 54.5 Å². The lowest BCUT2D eigenvalue weighted by Gasteiger charge is -2.36. The molecule has 1 unspecified atom stereocenters. The van der Waals surface area contributed by atoms with E-state index in [1.807, 2.05) is 6.07 Å². The van der Waals surface area contributed by atoms with E-state index in [9.17, 15) is 18.0 Å². The molecule has 2 heterocycles.